The molecule has 6 heteroatoms. The van der Waals surface area contributed by atoms with E-state index >= 15 is 0 Å². The number of fused-ring (bicyclic) bond motifs is 6. The third kappa shape index (κ3) is 1.71. The van der Waals surface area contributed by atoms with E-state index in [2.05, 4.69) is 11.1 Å². The molecule has 1 saturated carbocycles. The number of pyridine rings is 1. The van der Waals surface area contributed by atoms with Gasteiger partial charge < -0.3 is 14.4 Å². The van der Waals surface area contributed by atoms with Gasteiger partial charge in [-0.1, -0.05) is 0 Å². The van der Waals surface area contributed by atoms with Crippen molar-refractivity contribution in [3.05, 3.63) is 23.5 Å². The number of hydrogen-bond donors (Lipinski definition) is 0. The first-order valence-corrected chi connectivity index (χ1v) is 8.17. The normalized spacial score (nSPS) is 36.5. The second-order valence-electron chi connectivity index (χ2n) is 7.12. The Bertz CT molecular complexity index is 733. The third-order valence-corrected chi connectivity index (χ3v) is 5.82. The lowest BCUT2D eigenvalue weighted by Gasteiger charge is -2.33. The van der Waals surface area contributed by atoms with E-state index in [9.17, 15) is 10.1 Å². The number of aromatic nitrogens is 1. The zero-order chi connectivity index (χ0) is 15.6. The fourth-order valence-corrected chi connectivity index (χ4v) is 4.67. The van der Waals surface area contributed by atoms with E-state index in [4.69, 9.17) is 9.47 Å². The quantitative estimate of drug-likeness (QED) is 0.786. The van der Waals surface area contributed by atoms with Gasteiger partial charge in [0.2, 0.25) is 5.91 Å². The smallest absolute Gasteiger partial charge is 0.231 e. The number of rotatable bonds is 1. The SMILES string of the molecule is N#Cc1cncc2c1O[C@H]1C[C@@H]2N(C(=O)C23CC[C@@H](C2)OC3)C1. The molecule has 4 bridgehead atoms. The van der Waals surface area contributed by atoms with Crippen molar-refractivity contribution < 1.29 is 14.3 Å². The lowest BCUT2D eigenvalue weighted by molar-refractivity contribution is -0.144. The van der Waals surface area contributed by atoms with Crippen molar-refractivity contribution in [3.63, 3.8) is 0 Å². The summed E-state index contributed by atoms with van der Waals surface area (Å²) in [6.07, 6.45) is 7.05. The van der Waals surface area contributed by atoms with Gasteiger partial charge in [0.1, 0.15) is 23.5 Å². The van der Waals surface area contributed by atoms with Gasteiger partial charge >= 0.3 is 0 Å². The Balaban J connectivity index is 1.52. The molecule has 4 atom stereocenters. The van der Waals surface area contributed by atoms with Crippen LogP contribution in [0, 0.1) is 16.7 Å². The Kier molecular flexibility index (Phi) is 2.58. The van der Waals surface area contributed by atoms with Crippen LogP contribution in [-0.4, -0.2) is 41.2 Å². The molecular formula is C17H17N3O3. The van der Waals surface area contributed by atoms with Crippen LogP contribution in [-0.2, 0) is 9.53 Å². The first-order chi connectivity index (χ1) is 11.2. The molecule has 1 aromatic heterocycles. The molecule has 23 heavy (non-hydrogen) atoms. The molecule has 0 N–H and O–H groups in total. The number of likely N-dealkylation sites (tertiary alicyclic amines) is 1. The maximum Gasteiger partial charge on any atom is 0.231 e. The first-order valence-electron chi connectivity index (χ1n) is 8.17. The molecule has 0 spiro atoms. The van der Waals surface area contributed by atoms with Gasteiger partial charge in [-0.3, -0.25) is 9.78 Å². The molecule has 1 aromatic rings. The van der Waals surface area contributed by atoms with Crippen molar-refractivity contribution in [1.29, 1.82) is 5.26 Å². The average Bonchev–Trinajstić information content (AvgIpc) is 3.28. The third-order valence-electron chi connectivity index (χ3n) is 5.82. The summed E-state index contributed by atoms with van der Waals surface area (Å²) in [5.74, 6) is 0.812. The first kappa shape index (κ1) is 13.3. The largest absolute Gasteiger partial charge is 0.487 e. The summed E-state index contributed by atoms with van der Waals surface area (Å²) in [4.78, 5) is 19.4. The van der Waals surface area contributed by atoms with E-state index in [1.807, 2.05) is 4.90 Å². The predicted molar refractivity (Wildman–Crippen MR) is 78.5 cm³/mol. The zero-order valence-corrected chi connectivity index (χ0v) is 12.7. The molecule has 0 aromatic carbocycles. The lowest BCUT2D eigenvalue weighted by atomic mass is 9.86. The van der Waals surface area contributed by atoms with E-state index in [0.717, 1.165) is 31.2 Å². The summed E-state index contributed by atoms with van der Waals surface area (Å²) in [5, 5.41) is 9.25. The second-order valence-corrected chi connectivity index (χ2v) is 7.12. The second kappa shape index (κ2) is 4.45. The Hall–Kier alpha value is -2.13. The summed E-state index contributed by atoms with van der Waals surface area (Å²) < 4.78 is 11.7. The Labute approximate surface area is 134 Å². The number of nitriles is 1. The van der Waals surface area contributed by atoms with Gasteiger partial charge in [0, 0.05) is 24.4 Å². The summed E-state index contributed by atoms with van der Waals surface area (Å²) >= 11 is 0. The fraction of sp³-hybridized carbons (Fsp3) is 0.588. The van der Waals surface area contributed by atoms with E-state index in [1.54, 1.807) is 6.20 Å². The highest BCUT2D eigenvalue weighted by Crippen LogP contribution is 2.51. The summed E-state index contributed by atoms with van der Waals surface area (Å²) in [7, 11) is 0. The van der Waals surface area contributed by atoms with Crippen LogP contribution in [0.1, 0.15) is 42.9 Å². The molecule has 3 aliphatic heterocycles. The molecule has 1 amide bonds. The van der Waals surface area contributed by atoms with Gasteiger partial charge in [-0.15, -0.1) is 0 Å². The van der Waals surface area contributed by atoms with E-state index in [-0.39, 0.29) is 29.6 Å². The van der Waals surface area contributed by atoms with Crippen molar-refractivity contribution in [2.24, 2.45) is 5.41 Å². The van der Waals surface area contributed by atoms with E-state index < -0.39 is 0 Å². The van der Waals surface area contributed by atoms with Crippen molar-refractivity contribution in [2.75, 3.05) is 13.2 Å². The van der Waals surface area contributed by atoms with Crippen LogP contribution in [0.3, 0.4) is 0 Å². The lowest BCUT2D eigenvalue weighted by Crippen LogP contribution is -2.43. The molecule has 4 aliphatic rings. The maximum absolute atomic E-state index is 13.2. The standard InChI is InChI=1S/C17H17N3O3/c18-5-10-6-19-7-13-14-3-12(23-15(10)13)8-20(14)16(21)17-2-1-11(4-17)22-9-17/h6-7,11-12,14H,1-4,8-9H2/t11-,12-,14-,17?/m0/s1. The van der Waals surface area contributed by atoms with Gasteiger partial charge in [-0.05, 0) is 19.3 Å². The molecule has 1 unspecified atom stereocenters. The highest BCUT2D eigenvalue weighted by molar-refractivity contribution is 5.85. The number of amides is 1. The molecule has 4 heterocycles. The maximum atomic E-state index is 13.2. The average molecular weight is 311 g/mol. The molecule has 3 fully saturated rings. The number of nitrogens with zero attached hydrogens (tertiary/aromatic N) is 3. The van der Waals surface area contributed by atoms with Crippen molar-refractivity contribution in [2.45, 2.75) is 43.9 Å². The van der Waals surface area contributed by atoms with Crippen LogP contribution in [0.2, 0.25) is 0 Å². The molecule has 118 valence electrons. The molecule has 5 rings (SSSR count). The van der Waals surface area contributed by atoms with Crippen molar-refractivity contribution in [1.82, 2.24) is 9.88 Å². The van der Waals surface area contributed by atoms with Crippen molar-refractivity contribution >= 4 is 5.91 Å². The Morgan fingerprint density at radius 1 is 1.43 bits per heavy atom. The van der Waals surface area contributed by atoms with Crippen LogP contribution in [0.25, 0.3) is 0 Å². The van der Waals surface area contributed by atoms with E-state index in [0.29, 0.717) is 24.5 Å². The minimum Gasteiger partial charge on any atom is -0.487 e. The highest BCUT2D eigenvalue weighted by atomic mass is 16.5. The van der Waals surface area contributed by atoms with Crippen LogP contribution in [0.4, 0.5) is 0 Å². The van der Waals surface area contributed by atoms with Gasteiger partial charge in [-0.25, -0.2) is 0 Å². The van der Waals surface area contributed by atoms with Crippen LogP contribution in [0.5, 0.6) is 5.75 Å². The van der Waals surface area contributed by atoms with E-state index in [1.165, 1.54) is 6.20 Å². The highest BCUT2D eigenvalue weighted by Gasteiger charge is 2.56. The summed E-state index contributed by atoms with van der Waals surface area (Å²) in [6, 6.07) is 2.12. The number of carbonyl (C=O) groups is 1. The molecule has 0 radical (unpaired) electrons. The summed E-state index contributed by atoms with van der Waals surface area (Å²) in [5.41, 5.74) is 0.994. The molecule has 1 aliphatic carbocycles. The molecule has 6 nitrogen and oxygen atoms in total. The summed E-state index contributed by atoms with van der Waals surface area (Å²) in [6.45, 7) is 1.14. The minimum absolute atomic E-state index is 0.0222. The number of hydrogen-bond acceptors (Lipinski definition) is 5. The minimum atomic E-state index is -0.331. The number of ether oxygens (including phenoxy) is 2. The Morgan fingerprint density at radius 2 is 2.35 bits per heavy atom. The molecule has 2 saturated heterocycles. The fourth-order valence-electron chi connectivity index (χ4n) is 4.67. The van der Waals surface area contributed by atoms with Gasteiger partial charge in [0.25, 0.3) is 0 Å². The van der Waals surface area contributed by atoms with Gasteiger partial charge in [-0.2, -0.15) is 5.26 Å². The molecular weight excluding hydrogens is 294 g/mol. The zero-order valence-electron chi connectivity index (χ0n) is 12.7. The van der Waals surface area contributed by atoms with Crippen LogP contribution >= 0.6 is 0 Å². The number of carbonyl (C=O) groups excluding carboxylic acids is 1. The van der Waals surface area contributed by atoms with Gasteiger partial charge in [0.15, 0.2) is 0 Å². The van der Waals surface area contributed by atoms with Gasteiger partial charge in [0.05, 0.1) is 30.7 Å². The predicted octanol–water partition coefficient (Wildman–Crippen LogP) is 1.56. The van der Waals surface area contributed by atoms with Crippen molar-refractivity contribution in [3.8, 4) is 11.8 Å². The monoisotopic (exact) mass is 311 g/mol. The van der Waals surface area contributed by atoms with Crippen LogP contribution < -0.4 is 4.74 Å². The Morgan fingerprint density at radius 3 is 3.04 bits per heavy atom. The topological polar surface area (TPSA) is 75.5 Å². The van der Waals surface area contributed by atoms with Crippen LogP contribution in [0.15, 0.2) is 12.4 Å².